The van der Waals surface area contributed by atoms with E-state index in [-0.39, 0.29) is 0 Å². The first-order valence-electron chi connectivity index (χ1n) is 6.76. The fourth-order valence-corrected chi connectivity index (χ4v) is 2.31. The molecule has 0 radical (unpaired) electrons. The molecule has 5 heteroatoms. The van der Waals surface area contributed by atoms with Crippen LogP contribution in [0, 0.1) is 0 Å². The summed E-state index contributed by atoms with van der Waals surface area (Å²) in [7, 11) is 0. The molecule has 0 aliphatic carbocycles. The molecule has 21 heavy (non-hydrogen) atoms. The van der Waals surface area contributed by atoms with Gasteiger partial charge in [-0.3, -0.25) is 0 Å². The Kier molecular flexibility index (Phi) is 3.50. The Morgan fingerprint density at radius 2 is 1.62 bits per heavy atom. The van der Waals surface area contributed by atoms with E-state index in [4.69, 9.17) is 0 Å². The molecule has 0 aliphatic heterocycles. The molecule has 0 bridgehead atoms. The fourth-order valence-electron chi connectivity index (χ4n) is 2.31. The third kappa shape index (κ3) is 2.68. The third-order valence-corrected chi connectivity index (χ3v) is 3.48. The molecule has 0 saturated carbocycles. The summed E-state index contributed by atoms with van der Waals surface area (Å²) in [6, 6.07) is 19.3. The van der Waals surface area contributed by atoms with Crippen LogP contribution in [-0.2, 0) is 12.1 Å². The SMILES string of the molecule is CC(O)(c1ccccc1)c1nnnn1Cc1ccccc1. The van der Waals surface area contributed by atoms with Crippen LogP contribution in [0.2, 0.25) is 0 Å². The van der Waals surface area contributed by atoms with E-state index in [9.17, 15) is 5.11 Å². The van der Waals surface area contributed by atoms with Gasteiger partial charge in [0.1, 0.15) is 5.60 Å². The van der Waals surface area contributed by atoms with E-state index in [1.165, 1.54) is 0 Å². The van der Waals surface area contributed by atoms with Crippen LogP contribution in [0.5, 0.6) is 0 Å². The molecule has 0 spiro atoms. The van der Waals surface area contributed by atoms with Gasteiger partial charge in [-0.1, -0.05) is 60.7 Å². The van der Waals surface area contributed by atoms with Crippen LogP contribution < -0.4 is 0 Å². The van der Waals surface area contributed by atoms with Crippen LogP contribution in [0.15, 0.2) is 60.7 Å². The van der Waals surface area contributed by atoms with Crippen molar-refractivity contribution < 1.29 is 5.11 Å². The van der Waals surface area contributed by atoms with Gasteiger partial charge in [-0.25, -0.2) is 4.68 Å². The summed E-state index contributed by atoms with van der Waals surface area (Å²) in [5.41, 5.74) is 0.600. The number of nitrogens with zero attached hydrogens (tertiary/aromatic N) is 4. The molecule has 2 aromatic carbocycles. The van der Waals surface area contributed by atoms with E-state index in [1.807, 2.05) is 60.7 Å². The Morgan fingerprint density at radius 1 is 1.00 bits per heavy atom. The molecular weight excluding hydrogens is 264 g/mol. The fraction of sp³-hybridized carbons (Fsp3) is 0.188. The van der Waals surface area contributed by atoms with Gasteiger partial charge in [0.05, 0.1) is 6.54 Å². The summed E-state index contributed by atoms with van der Waals surface area (Å²) in [5.74, 6) is 0.428. The zero-order valence-corrected chi connectivity index (χ0v) is 11.7. The number of aromatic nitrogens is 4. The van der Waals surface area contributed by atoms with Crippen LogP contribution in [-0.4, -0.2) is 25.3 Å². The Balaban J connectivity index is 1.95. The van der Waals surface area contributed by atoms with E-state index in [2.05, 4.69) is 15.5 Å². The van der Waals surface area contributed by atoms with Crippen molar-refractivity contribution in [1.29, 1.82) is 0 Å². The highest BCUT2D eigenvalue weighted by atomic mass is 16.3. The predicted molar refractivity (Wildman–Crippen MR) is 78.5 cm³/mol. The molecule has 3 aromatic rings. The number of aliphatic hydroxyl groups is 1. The lowest BCUT2D eigenvalue weighted by Gasteiger charge is -2.22. The number of rotatable bonds is 4. The minimum absolute atomic E-state index is 0.428. The van der Waals surface area contributed by atoms with Crippen LogP contribution in [0.1, 0.15) is 23.9 Å². The van der Waals surface area contributed by atoms with E-state index in [0.29, 0.717) is 12.4 Å². The summed E-state index contributed by atoms with van der Waals surface area (Å²) in [5, 5.41) is 22.6. The van der Waals surface area contributed by atoms with Crippen molar-refractivity contribution in [1.82, 2.24) is 20.2 Å². The second kappa shape index (κ2) is 5.46. The summed E-state index contributed by atoms with van der Waals surface area (Å²) >= 11 is 0. The summed E-state index contributed by atoms with van der Waals surface area (Å²) < 4.78 is 1.63. The van der Waals surface area contributed by atoms with Gasteiger partial charge in [0.2, 0.25) is 0 Å². The molecule has 1 atom stereocenters. The molecule has 1 heterocycles. The van der Waals surface area contributed by atoms with E-state index in [0.717, 1.165) is 11.1 Å². The van der Waals surface area contributed by atoms with E-state index >= 15 is 0 Å². The molecule has 0 amide bonds. The standard InChI is InChI=1S/C16H16N4O/c1-16(21,14-10-6-3-7-11-14)15-17-18-19-20(15)12-13-8-4-2-5-9-13/h2-11,21H,12H2,1H3. The molecule has 1 aromatic heterocycles. The minimum Gasteiger partial charge on any atom is -0.377 e. The van der Waals surface area contributed by atoms with Gasteiger partial charge in [0, 0.05) is 0 Å². The van der Waals surface area contributed by atoms with Crippen molar-refractivity contribution in [3.05, 3.63) is 77.6 Å². The zero-order valence-electron chi connectivity index (χ0n) is 11.7. The second-order valence-corrected chi connectivity index (χ2v) is 5.08. The van der Waals surface area contributed by atoms with Crippen LogP contribution in [0.3, 0.4) is 0 Å². The normalized spacial score (nSPS) is 13.8. The van der Waals surface area contributed by atoms with Crippen molar-refractivity contribution in [2.75, 3.05) is 0 Å². The lowest BCUT2D eigenvalue weighted by Crippen LogP contribution is -2.28. The van der Waals surface area contributed by atoms with Gasteiger partial charge >= 0.3 is 0 Å². The zero-order chi connectivity index (χ0) is 14.7. The van der Waals surface area contributed by atoms with Crippen LogP contribution in [0.4, 0.5) is 0 Å². The number of hydrogen-bond donors (Lipinski definition) is 1. The molecule has 1 N–H and O–H groups in total. The van der Waals surface area contributed by atoms with Gasteiger partial charge in [-0.05, 0) is 28.5 Å². The largest absolute Gasteiger partial charge is 0.377 e. The van der Waals surface area contributed by atoms with Crippen molar-refractivity contribution in [3.8, 4) is 0 Å². The Hall–Kier alpha value is -2.53. The molecule has 0 fully saturated rings. The molecule has 5 nitrogen and oxygen atoms in total. The van der Waals surface area contributed by atoms with Crippen LogP contribution >= 0.6 is 0 Å². The monoisotopic (exact) mass is 280 g/mol. The highest BCUT2D eigenvalue weighted by molar-refractivity contribution is 5.28. The van der Waals surface area contributed by atoms with Gasteiger partial charge < -0.3 is 5.11 Å². The van der Waals surface area contributed by atoms with E-state index < -0.39 is 5.60 Å². The highest BCUT2D eigenvalue weighted by Gasteiger charge is 2.31. The predicted octanol–water partition coefficient (Wildman–Crippen LogP) is 1.98. The number of benzene rings is 2. The molecule has 0 saturated heterocycles. The van der Waals surface area contributed by atoms with Gasteiger partial charge in [0.25, 0.3) is 0 Å². The first-order valence-corrected chi connectivity index (χ1v) is 6.76. The third-order valence-electron chi connectivity index (χ3n) is 3.48. The summed E-state index contributed by atoms with van der Waals surface area (Å²) in [4.78, 5) is 0. The minimum atomic E-state index is -1.24. The molecular formula is C16H16N4O. The van der Waals surface area contributed by atoms with Crippen molar-refractivity contribution in [2.24, 2.45) is 0 Å². The lowest BCUT2D eigenvalue weighted by molar-refractivity contribution is 0.0870. The van der Waals surface area contributed by atoms with Gasteiger partial charge in [0.15, 0.2) is 5.82 Å². The van der Waals surface area contributed by atoms with Crippen LogP contribution in [0.25, 0.3) is 0 Å². The topological polar surface area (TPSA) is 63.8 Å². The molecule has 3 rings (SSSR count). The average Bonchev–Trinajstić information content (AvgIpc) is 2.98. The summed E-state index contributed by atoms with van der Waals surface area (Å²) in [6.45, 7) is 2.22. The first-order chi connectivity index (χ1) is 10.2. The highest BCUT2D eigenvalue weighted by Crippen LogP contribution is 2.26. The Bertz CT molecular complexity index is 707. The maximum absolute atomic E-state index is 10.8. The van der Waals surface area contributed by atoms with Gasteiger partial charge in [-0.15, -0.1) is 5.10 Å². The van der Waals surface area contributed by atoms with Crippen molar-refractivity contribution in [2.45, 2.75) is 19.1 Å². The van der Waals surface area contributed by atoms with Gasteiger partial charge in [-0.2, -0.15) is 0 Å². The molecule has 1 unspecified atom stereocenters. The first kappa shape index (κ1) is 13.5. The second-order valence-electron chi connectivity index (χ2n) is 5.08. The lowest BCUT2D eigenvalue weighted by atomic mass is 9.95. The maximum atomic E-state index is 10.8. The molecule has 106 valence electrons. The van der Waals surface area contributed by atoms with Crippen molar-refractivity contribution in [3.63, 3.8) is 0 Å². The summed E-state index contributed by atoms with van der Waals surface area (Å²) in [6.07, 6.45) is 0. The Labute approximate surface area is 122 Å². The number of hydrogen-bond acceptors (Lipinski definition) is 4. The average molecular weight is 280 g/mol. The smallest absolute Gasteiger partial charge is 0.187 e. The van der Waals surface area contributed by atoms with E-state index in [1.54, 1.807) is 11.6 Å². The maximum Gasteiger partial charge on any atom is 0.187 e. The molecule has 0 aliphatic rings. The number of tetrazole rings is 1. The van der Waals surface area contributed by atoms with Crippen molar-refractivity contribution >= 4 is 0 Å². The Morgan fingerprint density at radius 3 is 2.29 bits per heavy atom. The quantitative estimate of drug-likeness (QED) is 0.793.